The molecule has 3 rings (SSSR count). The lowest BCUT2D eigenvalue weighted by atomic mass is 10.2. The van der Waals surface area contributed by atoms with Gasteiger partial charge in [0.25, 0.3) is 0 Å². The van der Waals surface area contributed by atoms with Gasteiger partial charge in [-0.1, -0.05) is 30.3 Å². The van der Waals surface area contributed by atoms with Crippen LogP contribution in [0.5, 0.6) is 0 Å². The minimum Gasteiger partial charge on any atom is -0.304 e. The Balaban J connectivity index is 2.29. The van der Waals surface area contributed by atoms with Gasteiger partial charge in [0.15, 0.2) is 10.4 Å². The Kier molecular flexibility index (Phi) is 4.69. The number of hydrogen-bond acceptors (Lipinski definition) is 5. The van der Waals surface area contributed by atoms with Crippen LogP contribution in [0.15, 0.2) is 36.5 Å². The zero-order valence-electron chi connectivity index (χ0n) is 13.4. The largest absolute Gasteiger partial charge is 0.380 e. The summed E-state index contributed by atoms with van der Waals surface area (Å²) in [5.41, 5.74) is 2.06. The van der Waals surface area contributed by atoms with Crippen LogP contribution in [0.3, 0.4) is 0 Å². The average molecular weight is 350 g/mol. The molecule has 122 valence electrons. The first-order chi connectivity index (χ1) is 11.1. The molecule has 0 fully saturated rings. The summed E-state index contributed by atoms with van der Waals surface area (Å²) in [7, 11) is -3.45. The normalized spacial score (nSPS) is 12.1. The first-order valence-corrected chi connectivity index (χ1v) is 9.88. The van der Waals surface area contributed by atoms with Gasteiger partial charge in [-0.15, -0.1) is 11.3 Å². The van der Waals surface area contributed by atoms with Crippen molar-refractivity contribution in [1.82, 2.24) is 9.38 Å². The lowest BCUT2D eigenvalue weighted by molar-refractivity contribution is 0.229. The summed E-state index contributed by atoms with van der Waals surface area (Å²) in [5.74, 6) is 0. The first-order valence-electron chi connectivity index (χ1n) is 7.52. The van der Waals surface area contributed by atoms with E-state index in [1.54, 1.807) is 11.3 Å². The third kappa shape index (κ3) is 3.00. The standard InChI is InChI=1S/C16H19N2O3PS/c1-4-20-22(19,21-5-2)15-14(13-9-7-6-8-10-13)17-16-18(15)11-12(3)23-16/h6-11H,4-5H2,1-3H3. The fourth-order valence-corrected chi connectivity index (χ4v) is 5.24. The molecule has 0 radical (unpaired) electrons. The minimum absolute atomic E-state index is 0.307. The molecule has 0 amide bonds. The van der Waals surface area contributed by atoms with Crippen LogP contribution in [0.25, 0.3) is 16.2 Å². The minimum atomic E-state index is -3.45. The molecule has 0 spiro atoms. The second-order valence-electron chi connectivity index (χ2n) is 4.98. The molecule has 2 heterocycles. The second kappa shape index (κ2) is 6.57. The lowest BCUT2D eigenvalue weighted by Gasteiger charge is -2.17. The molecule has 0 saturated heterocycles. The van der Waals surface area contributed by atoms with Gasteiger partial charge < -0.3 is 9.05 Å². The maximum atomic E-state index is 13.4. The summed E-state index contributed by atoms with van der Waals surface area (Å²) in [6.07, 6.45) is 1.93. The van der Waals surface area contributed by atoms with Crippen LogP contribution >= 0.6 is 18.9 Å². The van der Waals surface area contributed by atoms with Crippen LogP contribution in [0.2, 0.25) is 0 Å². The highest BCUT2D eigenvalue weighted by Crippen LogP contribution is 2.49. The van der Waals surface area contributed by atoms with Gasteiger partial charge in [0.1, 0.15) is 5.69 Å². The average Bonchev–Trinajstić information content (AvgIpc) is 3.04. The van der Waals surface area contributed by atoms with Crippen molar-refractivity contribution in [2.75, 3.05) is 13.2 Å². The summed E-state index contributed by atoms with van der Waals surface area (Å²) in [6.45, 7) is 6.23. The zero-order chi connectivity index (χ0) is 16.4. The topological polar surface area (TPSA) is 52.8 Å². The van der Waals surface area contributed by atoms with E-state index in [1.165, 1.54) is 0 Å². The Morgan fingerprint density at radius 2 is 1.83 bits per heavy atom. The molecule has 23 heavy (non-hydrogen) atoms. The van der Waals surface area contributed by atoms with Crippen molar-refractivity contribution in [2.24, 2.45) is 0 Å². The Labute approximate surface area is 139 Å². The maximum Gasteiger partial charge on any atom is 0.380 e. The van der Waals surface area contributed by atoms with Crippen LogP contribution in [0.4, 0.5) is 0 Å². The Hall–Kier alpha value is -1.46. The molecule has 0 saturated carbocycles. The van der Waals surface area contributed by atoms with Gasteiger partial charge in [-0.05, 0) is 20.8 Å². The van der Waals surface area contributed by atoms with Crippen molar-refractivity contribution in [1.29, 1.82) is 0 Å². The van der Waals surface area contributed by atoms with E-state index in [1.807, 2.05) is 61.7 Å². The molecular formula is C16H19N2O3PS. The number of hydrogen-bond donors (Lipinski definition) is 0. The third-order valence-corrected chi connectivity index (χ3v) is 6.36. The lowest BCUT2D eigenvalue weighted by Crippen LogP contribution is -2.17. The highest BCUT2D eigenvalue weighted by Gasteiger charge is 2.35. The van der Waals surface area contributed by atoms with Gasteiger partial charge in [-0.3, -0.25) is 8.97 Å². The summed E-state index contributed by atoms with van der Waals surface area (Å²) >= 11 is 1.55. The quantitative estimate of drug-likeness (QED) is 0.623. The zero-order valence-corrected chi connectivity index (χ0v) is 15.1. The number of aryl methyl sites for hydroxylation is 1. The van der Waals surface area contributed by atoms with E-state index in [0.717, 1.165) is 15.4 Å². The molecule has 1 aromatic carbocycles. The van der Waals surface area contributed by atoms with Crippen LogP contribution in [0, 0.1) is 6.92 Å². The molecule has 3 aromatic rings. The molecule has 2 aromatic heterocycles. The monoisotopic (exact) mass is 350 g/mol. The second-order valence-corrected chi connectivity index (χ2v) is 8.13. The van der Waals surface area contributed by atoms with Crippen molar-refractivity contribution in [3.63, 3.8) is 0 Å². The highest BCUT2D eigenvalue weighted by molar-refractivity contribution is 7.62. The number of fused-ring (bicyclic) bond motifs is 1. The van der Waals surface area contributed by atoms with E-state index in [0.29, 0.717) is 24.3 Å². The van der Waals surface area contributed by atoms with E-state index in [-0.39, 0.29) is 0 Å². The van der Waals surface area contributed by atoms with Crippen molar-refractivity contribution < 1.29 is 13.6 Å². The first kappa shape index (κ1) is 16.4. The van der Waals surface area contributed by atoms with E-state index < -0.39 is 7.60 Å². The van der Waals surface area contributed by atoms with Crippen LogP contribution < -0.4 is 5.44 Å². The SMILES string of the molecule is CCOP(=O)(OCC)c1c(-c2ccccc2)nc2sc(C)cn12. The van der Waals surface area contributed by atoms with Crippen molar-refractivity contribution in [3.05, 3.63) is 41.4 Å². The Morgan fingerprint density at radius 1 is 1.17 bits per heavy atom. The molecule has 0 bridgehead atoms. The predicted molar refractivity (Wildman–Crippen MR) is 93.7 cm³/mol. The van der Waals surface area contributed by atoms with Crippen molar-refractivity contribution in [2.45, 2.75) is 20.8 Å². The van der Waals surface area contributed by atoms with Gasteiger partial charge in [-0.25, -0.2) is 4.98 Å². The van der Waals surface area contributed by atoms with Gasteiger partial charge >= 0.3 is 7.60 Å². The smallest absolute Gasteiger partial charge is 0.304 e. The maximum absolute atomic E-state index is 13.4. The highest BCUT2D eigenvalue weighted by atomic mass is 32.1. The fourth-order valence-electron chi connectivity index (χ4n) is 2.50. The summed E-state index contributed by atoms with van der Waals surface area (Å²) in [6, 6.07) is 9.71. The Bertz CT molecular complexity index is 847. The van der Waals surface area contributed by atoms with Crippen LogP contribution in [-0.2, 0) is 13.6 Å². The van der Waals surface area contributed by atoms with Crippen molar-refractivity contribution >= 4 is 29.3 Å². The molecule has 7 heteroatoms. The molecule has 0 aliphatic heterocycles. The summed E-state index contributed by atoms with van der Waals surface area (Å²) < 4.78 is 26.4. The number of aromatic nitrogens is 2. The third-order valence-electron chi connectivity index (χ3n) is 3.32. The number of benzene rings is 1. The predicted octanol–water partition coefficient (Wildman–Crippen LogP) is 4.26. The van der Waals surface area contributed by atoms with Crippen LogP contribution in [-0.4, -0.2) is 22.6 Å². The number of imidazole rings is 1. The summed E-state index contributed by atoms with van der Waals surface area (Å²) in [5, 5.41) is 0. The van der Waals surface area contributed by atoms with Crippen LogP contribution in [0.1, 0.15) is 18.7 Å². The van der Waals surface area contributed by atoms with Gasteiger partial charge in [0.05, 0.1) is 13.2 Å². The Morgan fingerprint density at radius 3 is 2.43 bits per heavy atom. The fraction of sp³-hybridized carbons (Fsp3) is 0.312. The molecule has 0 aliphatic carbocycles. The summed E-state index contributed by atoms with van der Waals surface area (Å²) in [4.78, 5) is 6.56. The molecule has 5 nitrogen and oxygen atoms in total. The van der Waals surface area contributed by atoms with E-state index in [2.05, 4.69) is 4.98 Å². The van der Waals surface area contributed by atoms with Gasteiger partial charge in [-0.2, -0.15) is 0 Å². The molecule has 0 N–H and O–H groups in total. The molecule has 0 atom stereocenters. The van der Waals surface area contributed by atoms with Crippen molar-refractivity contribution in [3.8, 4) is 11.3 Å². The number of thiazole rings is 1. The van der Waals surface area contributed by atoms with E-state index in [9.17, 15) is 4.57 Å². The van der Waals surface area contributed by atoms with Gasteiger partial charge in [0, 0.05) is 16.6 Å². The molecule has 0 unspecified atom stereocenters. The molecular weight excluding hydrogens is 331 g/mol. The number of rotatable bonds is 6. The number of nitrogens with zero attached hydrogens (tertiary/aromatic N) is 2. The van der Waals surface area contributed by atoms with E-state index >= 15 is 0 Å². The van der Waals surface area contributed by atoms with E-state index in [4.69, 9.17) is 9.05 Å². The van der Waals surface area contributed by atoms with Gasteiger partial charge in [0.2, 0.25) is 0 Å². The molecule has 0 aliphatic rings.